The maximum Gasteiger partial charge on any atom is 0.308 e. The normalized spacial score (nSPS) is 14.5. The molecule has 0 aromatic heterocycles. The van der Waals surface area contributed by atoms with E-state index in [0.29, 0.717) is 38.2 Å². The van der Waals surface area contributed by atoms with Crippen LogP contribution in [0.25, 0.3) is 6.08 Å². The molecule has 1 aliphatic heterocycles. The molecule has 2 aromatic rings. The highest BCUT2D eigenvalue weighted by Crippen LogP contribution is 2.37. The molecule has 6 heteroatoms. The molecule has 0 N–H and O–H groups in total. The number of ketones is 1. The first-order chi connectivity index (χ1) is 11.3. The molecule has 0 unspecified atom stereocenters. The van der Waals surface area contributed by atoms with Crippen LogP contribution >= 0.6 is 23.2 Å². The molecular weight excluding hydrogens is 351 g/mol. The van der Waals surface area contributed by atoms with E-state index >= 15 is 0 Å². The number of hydrogen-bond acceptors (Lipinski definition) is 4. The van der Waals surface area contributed by atoms with Crippen molar-refractivity contribution in [2.75, 3.05) is 0 Å². The molecule has 0 amide bonds. The third kappa shape index (κ3) is 3.16. The van der Waals surface area contributed by atoms with Crippen LogP contribution < -0.4 is 9.47 Å². The van der Waals surface area contributed by atoms with Crippen LogP contribution in [-0.4, -0.2) is 11.8 Å². The Bertz CT molecular complexity index is 900. The Morgan fingerprint density at radius 3 is 2.58 bits per heavy atom. The Morgan fingerprint density at radius 2 is 1.92 bits per heavy atom. The van der Waals surface area contributed by atoms with E-state index in [4.69, 9.17) is 32.7 Å². The summed E-state index contributed by atoms with van der Waals surface area (Å²) >= 11 is 11.9. The van der Waals surface area contributed by atoms with E-state index in [1.165, 1.54) is 13.0 Å². The molecule has 1 heterocycles. The number of benzene rings is 2. The summed E-state index contributed by atoms with van der Waals surface area (Å²) in [5, 5.41) is 0.824. The van der Waals surface area contributed by atoms with E-state index in [0.717, 1.165) is 0 Å². The van der Waals surface area contributed by atoms with Gasteiger partial charge in [0.15, 0.2) is 5.76 Å². The van der Waals surface area contributed by atoms with E-state index in [-0.39, 0.29) is 11.5 Å². The average molecular weight is 363 g/mol. The van der Waals surface area contributed by atoms with E-state index in [2.05, 4.69) is 0 Å². The van der Waals surface area contributed by atoms with Gasteiger partial charge in [-0.3, -0.25) is 9.59 Å². The minimum atomic E-state index is -0.440. The first-order valence-corrected chi connectivity index (χ1v) is 7.83. The summed E-state index contributed by atoms with van der Waals surface area (Å²) in [4.78, 5) is 23.6. The smallest absolute Gasteiger partial charge is 0.308 e. The molecule has 0 radical (unpaired) electrons. The van der Waals surface area contributed by atoms with Gasteiger partial charge >= 0.3 is 5.97 Å². The third-order valence-electron chi connectivity index (χ3n) is 3.45. The number of rotatable bonds is 2. The van der Waals surface area contributed by atoms with Crippen LogP contribution in [0.4, 0.5) is 0 Å². The Morgan fingerprint density at radius 1 is 1.17 bits per heavy atom. The molecule has 122 valence electrons. The van der Waals surface area contributed by atoms with Crippen molar-refractivity contribution in [1.29, 1.82) is 0 Å². The van der Waals surface area contributed by atoms with Crippen LogP contribution in [0.1, 0.15) is 28.4 Å². The summed E-state index contributed by atoms with van der Waals surface area (Å²) in [7, 11) is 0. The fraction of sp³-hybridized carbons (Fsp3) is 0.111. The first kappa shape index (κ1) is 16.6. The van der Waals surface area contributed by atoms with Crippen molar-refractivity contribution < 1.29 is 19.1 Å². The summed E-state index contributed by atoms with van der Waals surface area (Å²) in [6.45, 7) is 3.07. The van der Waals surface area contributed by atoms with Crippen molar-refractivity contribution >= 4 is 41.0 Å². The number of allylic oxidation sites excluding steroid dienone is 1. The molecule has 4 nitrogen and oxygen atoms in total. The topological polar surface area (TPSA) is 52.6 Å². The van der Waals surface area contributed by atoms with Gasteiger partial charge in [-0.2, -0.15) is 0 Å². The minimum absolute atomic E-state index is 0.173. The van der Waals surface area contributed by atoms with E-state index in [1.54, 1.807) is 37.3 Å². The number of Topliss-reactive ketones (excluding diaryl/α,β-unsaturated/α-hetero) is 1. The number of carbonyl (C=O) groups excluding carboxylic acids is 2. The van der Waals surface area contributed by atoms with Crippen molar-refractivity contribution in [3.63, 3.8) is 0 Å². The largest absolute Gasteiger partial charge is 0.452 e. The molecule has 0 saturated carbocycles. The van der Waals surface area contributed by atoms with Gasteiger partial charge < -0.3 is 9.47 Å². The predicted octanol–water partition coefficient (Wildman–Crippen LogP) is 4.84. The molecular formula is C18H12Cl2O4. The zero-order valence-corrected chi connectivity index (χ0v) is 14.4. The second kappa shape index (κ2) is 6.30. The van der Waals surface area contributed by atoms with Crippen LogP contribution in [0, 0.1) is 6.92 Å². The Hall–Kier alpha value is -2.30. The maximum atomic E-state index is 12.5. The number of carbonyl (C=O) groups is 2. The molecule has 0 atom stereocenters. The van der Waals surface area contributed by atoms with Crippen LogP contribution in [0.3, 0.4) is 0 Å². The van der Waals surface area contributed by atoms with Crippen molar-refractivity contribution in [2.45, 2.75) is 13.8 Å². The molecule has 0 bridgehead atoms. The Kier molecular flexibility index (Phi) is 4.35. The van der Waals surface area contributed by atoms with Crippen LogP contribution in [0.15, 0.2) is 36.1 Å². The number of hydrogen-bond donors (Lipinski definition) is 0. The summed E-state index contributed by atoms with van der Waals surface area (Å²) < 4.78 is 10.7. The van der Waals surface area contributed by atoms with Crippen LogP contribution in [0.5, 0.6) is 11.5 Å². The Balaban J connectivity index is 1.98. The standard InChI is InChI=1S/C18H12Cl2O4/c1-9-5-12(23-10(2)21)8-15-17(9)18(22)16(24-15)7-11-3-4-13(19)14(20)6-11/h3-8H,1-2H3/b16-7-. The monoisotopic (exact) mass is 362 g/mol. The second-order valence-electron chi connectivity index (χ2n) is 5.32. The lowest BCUT2D eigenvalue weighted by Gasteiger charge is -2.05. The lowest BCUT2D eigenvalue weighted by molar-refractivity contribution is -0.131. The molecule has 3 rings (SSSR count). The summed E-state index contributed by atoms with van der Waals surface area (Å²) in [5.74, 6) is 0.199. The van der Waals surface area contributed by atoms with Crippen molar-refractivity contribution in [2.24, 2.45) is 0 Å². The van der Waals surface area contributed by atoms with Gasteiger partial charge in [0, 0.05) is 13.0 Å². The fourth-order valence-corrected chi connectivity index (χ4v) is 2.76. The van der Waals surface area contributed by atoms with Gasteiger partial charge in [-0.25, -0.2) is 0 Å². The molecule has 0 spiro atoms. The molecule has 1 aliphatic rings. The predicted molar refractivity (Wildman–Crippen MR) is 91.9 cm³/mol. The fourth-order valence-electron chi connectivity index (χ4n) is 2.46. The van der Waals surface area contributed by atoms with Gasteiger partial charge in [-0.05, 0) is 42.3 Å². The number of aryl methyl sites for hydroxylation is 1. The highest BCUT2D eigenvalue weighted by atomic mass is 35.5. The lowest BCUT2D eigenvalue weighted by Crippen LogP contribution is -2.02. The molecule has 24 heavy (non-hydrogen) atoms. The summed E-state index contributed by atoms with van der Waals surface area (Å²) in [6, 6.07) is 8.18. The number of ether oxygens (including phenoxy) is 2. The third-order valence-corrected chi connectivity index (χ3v) is 4.19. The van der Waals surface area contributed by atoms with E-state index in [9.17, 15) is 9.59 Å². The van der Waals surface area contributed by atoms with E-state index in [1.807, 2.05) is 0 Å². The SMILES string of the molecule is CC(=O)Oc1cc(C)c2c(c1)O/C(=C\c1ccc(Cl)c(Cl)c1)C2=O. The van der Waals surface area contributed by atoms with Crippen LogP contribution in [-0.2, 0) is 4.79 Å². The van der Waals surface area contributed by atoms with Crippen molar-refractivity contribution in [3.05, 3.63) is 62.8 Å². The number of fused-ring (bicyclic) bond motifs is 1. The number of halogens is 2. The van der Waals surface area contributed by atoms with Crippen LogP contribution in [0.2, 0.25) is 10.0 Å². The highest BCUT2D eigenvalue weighted by molar-refractivity contribution is 6.42. The molecule has 0 aliphatic carbocycles. The summed E-state index contributed by atoms with van der Waals surface area (Å²) in [5.41, 5.74) is 1.82. The second-order valence-corrected chi connectivity index (χ2v) is 6.13. The molecule has 2 aromatic carbocycles. The summed E-state index contributed by atoms with van der Waals surface area (Å²) in [6.07, 6.45) is 1.59. The Labute approximate surface area is 148 Å². The maximum absolute atomic E-state index is 12.5. The van der Waals surface area contributed by atoms with E-state index < -0.39 is 5.97 Å². The van der Waals surface area contributed by atoms with Crippen molar-refractivity contribution in [3.8, 4) is 11.5 Å². The number of esters is 1. The first-order valence-electron chi connectivity index (χ1n) is 7.07. The van der Waals surface area contributed by atoms with Crippen molar-refractivity contribution in [1.82, 2.24) is 0 Å². The van der Waals surface area contributed by atoms with Gasteiger partial charge in [-0.1, -0.05) is 29.3 Å². The highest BCUT2D eigenvalue weighted by Gasteiger charge is 2.30. The average Bonchev–Trinajstić information content (AvgIpc) is 2.79. The molecule has 0 saturated heterocycles. The zero-order chi connectivity index (χ0) is 17.4. The van der Waals surface area contributed by atoms with Gasteiger partial charge in [0.05, 0.1) is 15.6 Å². The van der Waals surface area contributed by atoms with Gasteiger partial charge in [-0.15, -0.1) is 0 Å². The zero-order valence-electron chi connectivity index (χ0n) is 12.9. The quantitative estimate of drug-likeness (QED) is 0.435. The van der Waals surface area contributed by atoms with Gasteiger partial charge in [0.2, 0.25) is 5.78 Å². The minimum Gasteiger partial charge on any atom is -0.452 e. The van der Waals surface area contributed by atoms with Gasteiger partial charge in [0.1, 0.15) is 11.5 Å². The molecule has 0 fully saturated rings. The lowest BCUT2D eigenvalue weighted by atomic mass is 10.0. The van der Waals surface area contributed by atoms with Gasteiger partial charge in [0.25, 0.3) is 0 Å².